The average Bonchev–Trinajstić information content (AvgIpc) is 2.87. The molecule has 0 saturated carbocycles. The molecule has 3 heteroatoms. The second-order valence-corrected chi connectivity index (χ2v) is 6.42. The molecule has 3 heterocycles. The Labute approximate surface area is 130 Å². The van der Waals surface area contributed by atoms with Crippen LogP contribution in [0.1, 0.15) is 39.7 Å². The first-order valence-electron chi connectivity index (χ1n) is 7.91. The molecule has 0 bridgehead atoms. The third kappa shape index (κ3) is 2.04. The van der Waals surface area contributed by atoms with Crippen molar-refractivity contribution in [2.75, 3.05) is 6.54 Å². The molecule has 2 aromatic heterocycles. The summed E-state index contributed by atoms with van der Waals surface area (Å²) in [5.41, 5.74) is 8.95. The minimum Gasteiger partial charge on any atom is -0.356 e. The fraction of sp³-hybridized carbons (Fsp3) is 0.316. The van der Waals surface area contributed by atoms with Crippen molar-refractivity contribution in [1.29, 1.82) is 0 Å². The SMILES string of the molecule is Cc1ccc(C2NCCc3c2[nH]c2c(C)cc(C)cc32)nc1. The predicted octanol–water partition coefficient (Wildman–Crippen LogP) is 3.72. The van der Waals surface area contributed by atoms with Gasteiger partial charge >= 0.3 is 0 Å². The molecule has 1 aliphatic heterocycles. The topological polar surface area (TPSA) is 40.7 Å². The standard InChI is InChI=1S/C19H21N3/c1-11-4-5-16(21-10-11)19-18-14(6-7-20-19)15-9-12(2)8-13(3)17(15)22-18/h4-5,8-10,19-20,22H,6-7H2,1-3H3. The van der Waals surface area contributed by atoms with E-state index in [-0.39, 0.29) is 6.04 Å². The number of aromatic nitrogens is 2. The average molecular weight is 291 g/mol. The molecule has 3 aromatic rings. The van der Waals surface area contributed by atoms with Crippen molar-refractivity contribution in [3.8, 4) is 0 Å². The summed E-state index contributed by atoms with van der Waals surface area (Å²) in [5, 5.41) is 4.99. The summed E-state index contributed by atoms with van der Waals surface area (Å²) in [7, 11) is 0. The molecule has 2 N–H and O–H groups in total. The minimum absolute atomic E-state index is 0.163. The lowest BCUT2D eigenvalue weighted by molar-refractivity contribution is 0.549. The molecule has 1 unspecified atom stereocenters. The normalized spacial score (nSPS) is 17.7. The Bertz CT molecular complexity index is 843. The van der Waals surface area contributed by atoms with E-state index >= 15 is 0 Å². The molecule has 112 valence electrons. The Morgan fingerprint density at radius 2 is 1.95 bits per heavy atom. The van der Waals surface area contributed by atoms with E-state index in [1.807, 2.05) is 6.20 Å². The van der Waals surface area contributed by atoms with Crippen LogP contribution >= 0.6 is 0 Å². The van der Waals surface area contributed by atoms with Gasteiger partial charge in [-0.3, -0.25) is 4.98 Å². The number of aromatic amines is 1. The molecule has 4 rings (SSSR count). The van der Waals surface area contributed by atoms with Gasteiger partial charge in [-0.05, 0) is 56.0 Å². The van der Waals surface area contributed by atoms with E-state index in [2.05, 4.69) is 60.3 Å². The molecule has 1 atom stereocenters. The second-order valence-electron chi connectivity index (χ2n) is 6.42. The Morgan fingerprint density at radius 3 is 2.73 bits per heavy atom. The van der Waals surface area contributed by atoms with E-state index in [4.69, 9.17) is 0 Å². The summed E-state index contributed by atoms with van der Waals surface area (Å²) in [6, 6.07) is 8.98. The van der Waals surface area contributed by atoms with Crippen LogP contribution in [0.5, 0.6) is 0 Å². The predicted molar refractivity (Wildman–Crippen MR) is 90.3 cm³/mol. The minimum atomic E-state index is 0.163. The van der Waals surface area contributed by atoms with Gasteiger partial charge in [0.25, 0.3) is 0 Å². The van der Waals surface area contributed by atoms with Gasteiger partial charge in [0.1, 0.15) is 0 Å². The van der Waals surface area contributed by atoms with Gasteiger partial charge < -0.3 is 10.3 Å². The number of aryl methyl sites for hydroxylation is 3. The van der Waals surface area contributed by atoms with Crippen molar-refractivity contribution in [3.63, 3.8) is 0 Å². The third-order valence-electron chi connectivity index (χ3n) is 4.63. The maximum absolute atomic E-state index is 4.63. The van der Waals surface area contributed by atoms with Crippen molar-refractivity contribution in [2.45, 2.75) is 33.2 Å². The van der Waals surface area contributed by atoms with Crippen LogP contribution in [0.2, 0.25) is 0 Å². The quantitative estimate of drug-likeness (QED) is 0.717. The zero-order valence-corrected chi connectivity index (χ0v) is 13.3. The maximum atomic E-state index is 4.63. The van der Waals surface area contributed by atoms with E-state index in [0.717, 1.165) is 18.7 Å². The van der Waals surface area contributed by atoms with Gasteiger partial charge in [-0.15, -0.1) is 0 Å². The number of rotatable bonds is 1. The van der Waals surface area contributed by atoms with Gasteiger partial charge in [0.2, 0.25) is 0 Å². The highest BCUT2D eigenvalue weighted by Crippen LogP contribution is 2.34. The van der Waals surface area contributed by atoms with Crippen molar-refractivity contribution in [3.05, 3.63) is 64.1 Å². The largest absolute Gasteiger partial charge is 0.356 e. The van der Waals surface area contributed by atoms with Gasteiger partial charge in [0.15, 0.2) is 0 Å². The first-order valence-corrected chi connectivity index (χ1v) is 7.91. The van der Waals surface area contributed by atoms with E-state index in [0.29, 0.717) is 0 Å². The van der Waals surface area contributed by atoms with Crippen LogP contribution in [0.4, 0.5) is 0 Å². The van der Waals surface area contributed by atoms with Gasteiger partial charge in [0, 0.05) is 29.3 Å². The maximum Gasteiger partial charge on any atom is 0.0906 e. The highest BCUT2D eigenvalue weighted by atomic mass is 15.0. The summed E-state index contributed by atoms with van der Waals surface area (Å²) in [4.78, 5) is 8.30. The second kappa shape index (κ2) is 4.96. The number of hydrogen-bond acceptors (Lipinski definition) is 2. The number of fused-ring (bicyclic) bond motifs is 3. The molecular formula is C19H21N3. The van der Waals surface area contributed by atoms with Crippen LogP contribution < -0.4 is 5.32 Å². The third-order valence-corrected chi connectivity index (χ3v) is 4.63. The molecule has 0 spiro atoms. The highest BCUT2D eigenvalue weighted by molar-refractivity contribution is 5.88. The zero-order chi connectivity index (χ0) is 15.3. The molecule has 3 nitrogen and oxygen atoms in total. The van der Waals surface area contributed by atoms with Crippen LogP contribution in [0, 0.1) is 20.8 Å². The van der Waals surface area contributed by atoms with Crippen molar-refractivity contribution in [1.82, 2.24) is 15.3 Å². The Morgan fingerprint density at radius 1 is 1.09 bits per heavy atom. The summed E-state index contributed by atoms with van der Waals surface area (Å²) in [6.07, 6.45) is 3.02. The molecule has 0 saturated heterocycles. The molecule has 1 aromatic carbocycles. The summed E-state index contributed by atoms with van der Waals surface area (Å²) < 4.78 is 0. The van der Waals surface area contributed by atoms with Gasteiger partial charge in [-0.2, -0.15) is 0 Å². The van der Waals surface area contributed by atoms with Gasteiger partial charge in [-0.25, -0.2) is 0 Å². The van der Waals surface area contributed by atoms with Crippen LogP contribution in [0.15, 0.2) is 30.5 Å². The monoisotopic (exact) mass is 291 g/mol. The number of pyridine rings is 1. The summed E-state index contributed by atoms with van der Waals surface area (Å²) in [5.74, 6) is 0. The molecular weight excluding hydrogens is 270 g/mol. The van der Waals surface area contributed by atoms with Crippen LogP contribution in [-0.2, 0) is 6.42 Å². The Balaban J connectivity index is 1.91. The Hall–Kier alpha value is -2.13. The first-order chi connectivity index (χ1) is 10.6. The number of nitrogens with zero attached hydrogens (tertiary/aromatic N) is 1. The van der Waals surface area contributed by atoms with Crippen molar-refractivity contribution in [2.24, 2.45) is 0 Å². The molecule has 22 heavy (non-hydrogen) atoms. The molecule has 0 fully saturated rings. The van der Waals surface area contributed by atoms with Crippen LogP contribution in [0.25, 0.3) is 10.9 Å². The van der Waals surface area contributed by atoms with Gasteiger partial charge in [-0.1, -0.05) is 17.7 Å². The van der Waals surface area contributed by atoms with Crippen LogP contribution in [-0.4, -0.2) is 16.5 Å². The zero-order valence-electron chi connectivity index (χ0n) is 13.3. The lowest BCUT2D eigenvalue weighted by Crippen LogP contribution is -2.31. The highest BCUT2D eigenvalue weighted by Gasteiger charge is 2.26. The molecule has 0 radical (unpaired) electrons. The van der Waals surface area contributed by atoms with E-state index in [9.17, 15) is 0 Å². The van der Waals surface area contributed by atoms with E-state index < -0.39 is 0 Å². The first kappa shape index (κ1) is 13.5. The number of benzene rings is 1. The van der Waals surface area contributed by atoms with Gasteiger partial charge in [0.05, 0.1) is 11.7 Å². The smallest absolute Gasteiger partial charge is 0.0906 e. The molecule has 0 amide bonds. The Kier molecular flexibility index (Phi) is 3.05. The summed E-state index contributed by atoms with van der Waals surface area (Å²) >= 11 is 0. The molecule has 0 aliphatic carbocycles. The lowest BCUT2D eigenvalue weighted by Gasteiger charge is -2.24. The van der Waals surface area contributed by atoms with Crippen molar-refractivity contribution < 1.29 is 0 Å². The summed E-state index contributed by atoms with van der Waals surface area (Å²) in [6.45, 7) is 7.43. The number of nitrogens with one attached hydrogen (secondary N) is 2. The van der Waals surface area contributed by atoms with Crippen molar-refractivity contribution >= 4 is 10.9 Å². The van der Waals surface area contributed by atoms with E-state index in [1.54, 1.807) is 0 Å². The number of hydrogen-bond donors (Lipinski definition) is 2. The lowest BCUT2D eigenvalue weighted by atomic mass is 9.96. The fourth-order valence-electron chi connectivity index (χ4n) is 3.59. The van der Waals surface area contributed by atoms with Crippen LogP contribution in [0.3, 0.4) is 0 Å². The fourth-order valence-corrected chi connectivity index (χ4v) is 3.59. The molecule has 1 aliphatic rings. The number of H-pyrrole nitrogens is 1. The van der Waals surface area contributed by atoms with E-state index in [1.165, 1.54) is 38.9 Å².